The molecule has 0 aliphatic rings. The minimum atomic E-state index is -1.24. The van der Waals surface area contributed by atoms with Crippen LogP contribution in [0.1, 0.15) is 39.5 Å². The van der Waals surface area contributed by atoms with Crippen LogP contribution in [0.5, 0.6) is 0 Å². The third-order valence-corrected chi connectivity index (χ3v) is 5.45. The number of hydrogen-bond donors (Lipinski definition) is 8. The van der Waals surface area contributed by atoms with Crippen LogP contribution in [-0.4, -0.2) is 83.4 Å². The highest BCUT2D eigenvalue weighted by molar-refractivity contribution is 7.98. The van der Waals surface area contributed by atoms with E-state index in [0.29, 0.717) is 12.2 Å². The summed E-state index contributed by atoms with van der Waals surface area (Å²) in [6.45, 7) is 3.45. The number of thioether (sulfide) groups is 1. The van der Waals surface area contributed by atoms with E-state index in [1.54, 1.807) is 13.8 Å². The minimum Gasteiger partial charge on any atom is -0.480 e. The first-order chi connectivity index (χ1) is 16.3. The first kappa shape index (κ1) is 31.9. The molecule has 0 fully saturated rings. The topological polar surface area (TPSA) is 258 Å². The summed E-state index contributed by atoms with van der Waals surface area (Å²) in [4.78, 5) is 64.6. The Bertz CT molecular complexity index is 775. The molecule has 0 aromatic rings. The van der Waals surface area contributed by atoms with Crippen LogP contribution in [0.2, 0.25) is 0 Å². The van der Waals surface area contributed by atoms with Crippen molar-refractivity contribution in [1.82, 2.24) is 16.0 Å². The molecule has 0 radical (unpaired) electrons. The molecule has 0 rings (SSSR count). The van der Waals surface area contributed by atoms with Crippen molar-refractivity contribution in [2.24, 2.45) is 33.8 Å². The highest BCUT2D eigenvalue weighted by atomic mass is 32.2. The molecule has 0 aliphatic heterocycles. The number of rotatable bonds is 17. The van der Waals surface area contributed by atoms with Gasteiger partial charge in [-0.25, -0.2) is 4.79 Å². The number of nitrogens with two attached hydrogens (primary N) is 4. The van der Waals surface area contributed by atoms with Gasteiger partial charge in [-0.1, -0.05) is 13.8 Å². The van der Waals surface area contributed by atoms with Crippen molar-refractivity contribution in [3.05, 3.63) is 0 Å². The molecule has 0 bridgehead atoms. The van der Waals surface area contributed by atoms with Crippen LogP contribution in [-0.2, 0) is 24.0 Å². The van der Waals surface area contributed by atoms with Gasteiger partial charge < -0.3 is 44.0 Å². The molecule has 0 aromatic heterocycles. The lowest BCUT2D eigenvalue weighted by molar-refractivity contribution is -0.143. The zero-order valence-corrected chi connectivity index (χ0v) is 21.1. The predicted molar refractivity (Wildman–Crippen MR) is 133 cm³/mol. The van der Waals surface area contributed by atoms with Crippen LogP contribution in [0.25, 0.3) is 0 Å². The van der Waals surface area contributed by atoms with Gasteiger partial charge >= 0.3 is 5.97 Å². The van der Waals surface area contributed by atoms with Crippen molar-refractivity contribution < 1.29 is 29.1 Å². The molecule has 0 saturated heterocycles. The summed E-state index contributed by atoms with van der Waals surface area (Å²) in [5.74, 6) is -4.14. The van der Waals surface area contributed by atoms with Gasteiger partial charge in [0.25, 0.3) is 0 Å². The molecule has 4 atom stereocenters. The standard InChI is InChI=1S/C20H38N8O6S/c1-10(2)15(19(33)34)28-18(32)12(5-4-7-25-20(23)24)27-17(31)13(6-8-35-3)26-16(30)11(21)9-14(22)29/h10-13,15H,4-9,21H2,1-3H3,(H2,22,29)(H,26,30)(H,27,31)(H,28,32)(H,33,34)(H4,23,24,25). The Balaban J connectivity index is 5.59. The van der Waals surface area contributed by atoms with E-state index < -0.39 is 66.1 Å². The summed E-state index contributed by atoms with van der Waals surface area (Å²) >= 11 is 1.43. The fraction of sp³-hybridized carbons (Fsp3) is 0.700. The maximum Gasteiger partial charge on any atom is 0.326 e. The van der Waals surface area contributed by atoms with E-state index in [1.807, 2.05) is 6.26 Å². The van der Waals surface area contributed by atoms with Crippen LogP contribution in [0.3, 0.4) is 0 Å². The first-order valence-electron chi connectivity index (χ1n) is 11.0. The van der Waals surface area contributed by atoms with Crippen molar-refractivity contribution in [2.75, 3.05) is 18.6 Å². The number of nitrogens with one attached hydrogen (secondary N) is 3. The van der Waals surface area contributed by atoms with Crippen LogP contribution in [0.15, 0.2) is 4.99 Å². The third kappa shape index (κ3) is 13.4. The van der Waals surface area contributed by atoms with Gasteiger partial charge in [0.15, 0.2) is 5.96 Å². The van der Waals surface area contributed by atoms with Crippen molar-refractivity contribution in [1.29, 1.82) is 0 Å². The third-order valence-electron chi connectivity index (χ3n) is 4.81. The molecule has 14 nitrogen and oxygen atoms in total. The van der Waals surface area contributed by atoms with Gasteiger partial charge in [0, 0.05) is 6.54 Å². The van der Waals surface area contributed by atoms with Gasteiger partial charge in [0.2, 0.25) is 23.6 Å². The Morgan fingerprint density at radius 3 is 1.94 bits per heavy atom. The van der Waals surface area contributed by atoms with E-state index in [-0.39, 0.29) is 25.3 Å². The average Bonchev–Trinajstić information content (AvgIpc) is 2.75. The summed E-state index contributed by atoms with van der Waals surface area (Å²) < 4.78 is 0. The smallest absolute Gasteiger partial charge is 0.326 e. The first-order valence-corrected chi connectivity index (χ1v) is 12.4. The van der Waals surface area contributed by atoms with Crippen LogP contribution < -0.4 is 38.9 Å². The van der Waals surface area contributed by atoms with E-state index in [9.17, 15) is 29.1 Å². The van der Waals surface area contributed by atoms with Gasteiger partial charge in [-0.3, -0.25) is 24.2 Å². The van der Waals surface area contributed by atoms with Gasteiger partial charge in [-0.15, -0.1) is 0 Å². The highest BCUT2D eigenvalue weighted by Gasteiger charge is 2.31. The van der Waals surface area contributed by atoms with Gasteiger partial charge in [-0.2, -0.15) is 11.8 Å². The number of aliphatic carboxylic acids is 1. The number of carbonyl (C=O) groups is 5. The zero-order chi connectivity index (χ0) is 27.1. The lowest BCUT2D eigenvalue weighted by atomic mass is 10.0. The predicted octanol–water partition coefficient (Wildman–Crippen LogP) is -2.81. The molecular formula is C20H38N8O6S. The van der Waals surface area contributed by atoms with Crippen LogP contribution >= 0.6 is 11.8 Å². The van der Waals surface area contributed by atoms with Crippen LogP contribution in [0.4, 0.5) is 0 Å². The van der Waals surface area contributed by atoms with E-state index in [1.165, 1.54) is 11.8 Å². The number of carboxylic acid groups (broad SMARTS) is 1. The maximum absolute atomic E-state index is 13.0. The Labute approximate surface area is 208 Å². The second-order valence-corrected chi connectivity index (χ2v) is 9.18. The monoisotopic (exact) mass is 518 g/mol. The summed E-state index contributed by atoms with van der Waals surface area (Å²) in [6.07, 6.45) is 2.04. The van der Waals surface area contributed by atoms with E-state index in [4.69, 9.17) is 22.9 Å². The summed E-state index contributed by atoms with van der Waals surface area (Å²) in [5, 5.41) is 16.9. The molecule has 0 aliphatic carbocycles. The number of primary amides is 1. The average molecular weight is 519 g/mol. The largest absolute Gasteiger partial charge is 0.480 e. The summed E-state index contributed by atoms with van der Waals surface area (Å²) in [5.41, 5.74) is 21.3. The quantitative estimate of drug-likeness (QED) is 0.0556. The lowest BCUT2D eigenvalue weighted by Gasteiger charge is -2.26. The molecule has 35 heavy (non-hydrogen) atoms. The maximum atomic E-state index is 13.0. The molecular weight excluding hydrogens is 480 g/mol. The normalized spacial score (nSPS) is 14.2. The summed E-state index contributed by atoms with van der Waals surface area (Å²) in [6, 6.07) is -4.58. The SMILES string of the molecule is CSCCC(NC(=O)C(N)CC(N)=O)C(=O)NC(CCCN=C(N)N)C(=O)NC(C(=O)O)C(C)C. The molecule has 4 amide bonds. The molecule has 200 valence electrons. The van der Waals surface area contributed by atoms with Crippen molar-refractivity contribution >= 4 is 47.3 Å². The van der Waals surface area contributed by atoms with Crippen molar-refractivity contribution in [3.63, 3.8) is 0 Å². The zero-order valence-electron chi connectivity index (χ0n) is 20.3. The number of nitrogens with zero attached hydrogens (tertiary/aromatic N) is 1. The number of aliphatic imine (C=N–C) groups is 1. The number of carbonyl (C=O) groups excluding carboxylic acids is 4. The molecule has 0 heterocycles. The van der Waals surface area contributed by atoms with E-state index >= 15 is 0 Å². The summed E-state index contributed by atoms with van der Waals surface area (Å²) in [7, 11) is 0. The fourth-order valence-electron chi connectivity index (χ4n) is 2.90. The molecule has 15 heteroatoms. The molecule has 12 N–H and O–H groups in total. The molecule has 0 saturated carbocycles. The molecule has 0 aromatic carbocycles. The lowest BCUT2D eigenvalue weighted by Crippen LogP contribution is -2.57. The number of carboxylic acids is 1. The Hall–Kier alpha value is -3.07. The molecule has 4 unspecified atom stereocenters. The van der Waals surface area contributed by atoms with Crippen LogP contribution in [0, 0.1) is 5.92 Å². The minimum absolute atomic E-state index is 0.100. The van der Waals surface area contributed by atoms with Gasteiger partial charge in [-0.05, 0) is 37.2 Å². The number of guanidine groups is 1. The fourth-order valence-corrected chi connectivity index (χ4v) is 3.38. The Morgan fingerprint density at radius 2 is 1.46 bits per heavy atom. The Morgan fingerprint density at radius 1 is 0.914 bits per heavy atom. The number of hydrogen-bond acceptors (Lipinski definition) is 8. The van der Waals surface area contributed by atoms with Crippen molar-refractivity contribution in [2.45, 2.75) is 63.7 Å². The second kappa shape index (κ2) is 16.5. The second-order valence-electron chi connectivity index (χ2n) is 8.20. The van der Waals surface area contributed by atoms with Gasteiger partial charge in [0.1, 0.15) is 18.1 Å². The van der Waals surface area contributed by atoms with Gasteiger partial charge in [0.05, 0.1) is 12.5 Å². The van der Waals surface area contributed by atoms with Crippen molar-refractivity contribution in [3.8, 4) is 0 Å². The van der Waals surface area contributed by atoms with E-state index in [2.05, 4.69) is 20.9 Å². The Kier molecular flexibility index (Phi) is 15.1. The van der Waals surface area contributed by atoms with E-state index in [0.717, 1.165) is 0 Å². The highest BCUT2D eigenvalue weighted by Crippen LogP contribution is 2.07. The number of amides is 4. The molecule has 0 spiro atoms.